The standard InChI is InChI=1S/C35H37N3O5/c1-39-33-9-4-7-29(23-33)26-38(25-28-6-3-8-31(22-28)37-17-16-36-27-37)30-12-14-32(15-13-30)42-20-18-41-19-21-43-35-11-5-10-34(24-35)40-2/h3-17,22-24,27H,18-21,25-26H2,1-2H3. The summed E-state index contributed by atoms with van der Waals surface area (Å²) in [5.41, 5.74) is 4.53. The minimum absolute atomic E-state index is 0.451. The summed E-state index contributed by atoms with van der Waals surface area (Å²) in [4.78, 5) is 6.53. The molecule has 0 amide bonds. The van der Waals surface area contributed by atoms with E-state index in [-0.39, 0.29) is 0 Å². The first-order chi connectivity index (χ1) is 21.2. The third kappa shape index (κ3) is 8.77. The molecule has 0 spiro atoms. The van der Waals surface area contributed by atoms with Gasteiger partial charge in [-0.15, -0.1) is 0 Å². The molecular formula is C35H37N3O5. The van der Waals surface area contributed by atoms with Crippen LogP contribution in [0.4, 0.5) is 5.69 Å². The molecule has 43 heavy (non-hydrogen) atoms. The zero-order valence-corrected chi connectivity index (χ0v) is 24.6. The molecule has 0 N–H and O–H groups in total. The van der Waals surface area contributed by atoms with Gasteiger partial charge in [0, 0.05) is 42.9 Å². The van der Waals surface area contributed by atoms with Crippen LogP contribution in [0.15, 0.2) is 116 Å². The predicted octanol–water partition coefficient (Wildman–Crippen LogP) is 6.57. The van der Waals surface area contributed by atoms with Crippen LogP contribution < -0.4 is 23.8 Å². The van der Waals surface area contributed by atoms with E-state index in [4.69, 9.17) is 23.7 Å². The minimum atomic E-state index is 0.451. The average Bonchev–Trinajstić information content (AvgIpc) is 3.60. The highest BCUT2D eigenvalue weighted by Crippen LogP contribution is 2.25. The van der Waals surface area contributed by atoms with Crippen molar-refractivity contribution in [3.63, 3.8) is 0 Å². The van der Waals surface area contributed by atoms with Crippen LogP contribution in [0.25, 0.3) is 5.69 Å². The molecule has 4 aromatic carbocycles. The van der Waals surface area contributed by atoms with Crippen molar-refractivity contribution >= 4 is 5.69 Å². The van der Waals surface area contributed by atoms with E-state index in [1.54, 1.807) is 20.4 Å². The van der Waals surface area contributed by atoms with Gasteiger partial charge in [-0.05, 0) is 71.8 Å². The second-order valence-corrected chi connectivity index (χ2v) is 9.83. The maximum atomic E-state index is 5.93. The van der Waals surface area contributed by atoms with Crippen LogP contribution in [0, 0.1) is 0 Å². The van der Waals surface area contributed by atoms with Gasteiger partial charge in [0.2, 0.25) is 0 Å². The van der Waals surface area contributed by atoms with E-state index >= 15 is 0 Å². The number of ether oxygens (including phenoxy) is 5. The molecule has 222 valence electrons. The highest BCUT2D eigenvalue weighted by Gasteiger charge is 2.11. The van der Waals surface area contributed by atoms with E-state index in [0.717, 1.165) is 53.0 Å². The minimum Gasteiger partial charge on any atom is -0.497 e. The van der Waals surface area contributed by atoms with E-state index in [1.165, 1.54) is 5.56 Å². The first-order valence-electron chi connectivity index (χ1n) is 14.2. The Morgan fingerprint density at radius 3 is 1.95 bits per heavy atom. The average molecular weight is 580 g/mol. The van der Waals surface area contributed by atoms with Gasteiger partial charge in [0.25, 0.3) is 0 Å². The number of nitrogens with zero attached hydrogens (tertiary/aromatic N) is 3. The molecule has 0 fully saturated rings. The molecule has 0 bridgehead atoms. The Morgan fingerprint density at radius 2 is 1.26 bits per heavy atom. The van der Waals surface area contributed by atoms with Crippen molar-refractivity contribution in [2.75, 3.05) is 45.5 Å². The molecule has 0 aliphatic carbocycles. The molecule has 1 aromatic heterocycles. The number of imidazole rings is 1. The third-order valence-corrected chi connectivity index (χ3v) is 6.83. The Kier molecular flexibility index (Phi) is 10.5. The summed E-state index contributed by atoms with van der Waals surface area (Å²) < 4.78 is 30.0. The zero-order valence-electron chi connectivity index (χ0n) is 24.6. The second-order valence-electron chi connectivity index (χ2n) is 9.83. The molecule has 5 aromatic rings. The lowest BCUT2D eigenvalue weighted by Crippen LogP contribution is -2.22. The highest BCUT2D eigenvalue weighted by atomic mass is 16.5. The van der Waals surface area contributed by atoms with E-state index in [1.807, 2.05) is 65.6 Å². The van der Waals surface area contributed by atoms with Crippen LogP contribution in [-0.2, 0) is 17.8 Å². The van der Waals surface area contributed by atoms with Gasteiger partial charge in [0.05, 0.1) is 33.8 Å². The van der Waals surface area contributed by atoms with Crippen LogP contribution >= 0.6 is 0 Å². The van der Waals surface area contributed by atoms with Crippen molar-refractivity contribution in [3.05, 3.63) is 127 Å². The highest BCUT2D eigenvalue weighted by molar-refractivity contribution is 5.51. The largest absolute Gasteiger partial charge is 0.497 e. The summed E-state index contributed by atoms with van der Waals surface area (Å²) in [5, 5.41) is 0. The number of benzene rings is 4. The van der Waals surface area contributed by atoms with Gasteiger partial charge in [-0.1, -0.05) is 30.3 Å². The van der Waals surface area contributed by atoms with Crippen LogP contribution in [0.2, 0.25) is 0 Å². The molecular weight excluding hydrogens is 542 g/mol. The lowest BCUT2D eigenvalue weighted by molar-refractivity contribution is 0.0764. The zero-order chi connectivity index (χ0) is 29.7. The maximum absolute atomic E-state index is 5.93. The van der Waals surface area contributed by atoms with Gasteiger partial charge < -0.3 is 33.2 Å². The SMILES string of the molecule is COc1cccc(CN(Cc2cccc(-n3ccnc3)c2)c2ccc(OCCOCCOc3cccc(OC)c3)cc2)c1. The topological polar surface area (TPSA) is 67.2 Å². The van der Waals surface area contributed by atoms with Crippen LogP contribution in [0.1, 0.15) is 11.1 Å². The van der Waals surface area contributed by atoms with Crippen molar-refractivity contribution in [2.24, 2.45) is 0 Å². The number of hydrogen-bond donors (Lipinski definition) is 0. The van der Waals surface area contributed by atoms with E-state index < -0.39 is 0 Å². The number of anilines is 1. The predicted molar refractivity (Wildman–Crippen MR) is 168 cm³/mol. The summed E-state index contributed by atoms with van der Waals surface area (Å²) in [6.45, 7) is 3.30. The maximum Gasteiger partial charge on any atom is 0.123 e. The van der Waals surface area contributed by atoms with Gasteiger partial charge >= 0.3 is 0 Å². The molecule has 0 unspecified atom stereocenters. The Balaban J connectivity index is 1.16. The molecule has 8 heteroatoms. The Bertz CT molecular complexity index is 1540. The summed E-state index contributed by atoms with van der Waals surface area (Å²) >= 11 is 0. The quantitative estimate of drug-likeness (QED) is 0.123. The molecule has 0 aliphatic heterocycles. The Labute approximate surface area is 253 Å². The van der Waals surface area contributed by atoms with Crippen molar-refractivity contribution < 1.29 is 23.7 Å². The van der Waals surface area contributed by atoms with Gasteiger partial charge in [-0.2, -0.15) is 0 Å². The molecule has 0 saturated heterocycles. The first kappa shape index (κ1) is 29.5. The van der Waals surface area contributed by atoms with Gasteiger partial charge in [-0.25, -0.2) is 4.98 Å². The normalized spacial score (nSPS) is 10.7. The fraction of sp³-hybridized carbons (Fsp3) is 0.229. The van der Waals surface area contributed by atoms with Crippen LogP contribution in [-0.4, -0.2) is 50.2 Å². The summed E-state index contributed by atoms with van der Waals surface area (Å²) in [5.74, 6) is 3.16. The van der Waals surface area contributed by atoms with Gasteiger partial charge in [0.1, 0.15) is 36.2 Å². The van der Waals surface area contributed by atoms with E-state index in [9.17, 15) is 0 Å². The lowest BCUT2D eigenvalue weighted by atomic mass is 10.1. The van der Waals surface area contributed by atoms with E-state index in [0.29, 0.717) is 26.4 Å². The van der Waals surface area contributed by atoms with Crippen molar-refractivity contribution in [3.8, 4) is 28.7 Å². The molecule has 1 heterocycles. The number of aromatic nitrogens is 2. The fourth-order valence-corrected chi connectivity index (χ4v) is 4.66. The summed E-state index contributed by atoms with van der Waals surface area (Å²) in [6.07, 6.45) is 5.55. The Hall–Kier alpha value is -4.95. The fourth-order valence-electron chi connectivity index (χ4n) is 4.66. The van der Waals surface area contributed by atoms with Crippen LogP contribution in [0.3, 0.4) is 0 Å². The molecule has 0 radical (unpaired) electrons. The van der Waals surface area contributed by atoms with Crippen LogP contribution in [0.5, 0.6) is 23.0 Å². The molecule has 8 nitrogen and oxygen atoms in total. The molecule has 0 atom stereocenters. The molecule has 5 rings (SSSR count). The van der Waals surface area contributed by atoms with Crippen molar-refractivity contribution in [1.29, 1.82) is 0 Å². The molecule has 0 saturated carbocycles. The van der Waals surface area contributed by atoms with Gasteiger partial charge in [0.15, 0.2) is 0 Å². The second kappa shape index (κ2) is 15.3. The van der Waals surface area contributed by atoms with E-state index in [2.05, 4.69) is 58.4 Å². The lowest BCUT2D eigenvalue weighted by Gasteiger charge is -2.26. The number of methoxy groups -OCH3 is 2. The summed E-state index contributed by atoms with van der Waals surface area (Å²) in [7, 11) is 3.33. The molecule has 0 aliphatic rings. The first-order valence-corrected chi connectivity index (χ1v) is 14.2. The monoisotopic (exact) mass is 579 g/mol. The summed E-state index contributed by atoms with van der Waals surface area (Å²) in [6, 6.07) is 32.4. The number of rotatable bonds is 16. The Morgan fingerprint density at radius 1 is 0.628 bits per heavy atom. The number of hydrogen-bond acceptors (Lipinski definition) is 7. The van der Waals surface area contributed by atoms with Gasteiger partial charge in [-0.3, -0.25) is 0 Å². The third-order valence-electron chi connectivity index (χ3n) is 6.83. The van der Waals surface area contributed by atoms with Crippen molar-refractivity contribution in [1.82, 2.24) is 9.55 Å². The smallest absolute Gasteiger partial charge is 0.123 e. The van der Waals surface area contributed by atoms with Crippen molar-refractivity contribution in [2.45, 2.75) is 13.1 Å².